The molecule has 1 heterocycles. The number of likely N-dealkylation sites (tertiary alicyclic amines) is 1. The van der Waals surface area contributed by atoms with Gasteiger partial charge in [-0.2, -0.15) is 0 Å². The fraction of sp³-hybridized carbons (Fsp3) is 0.323. The number of aliphatic hydroxyl groups excluding tert-OH is 1. The van der Waals surface area contributed by atoms with Crippen LogP contribution in [0.4, 0.5) is 4.79 Å². The number of hydrogen-bond donors (Lipinski definition) is 2. The number of carbonyl (C=O) groups is 3. The zero-order chi connectivity index (χ0) is 28.3. The zero-order valence-electron chi connectivity index (χ0n) is 22.1. The summed E-state index contributed by atoms with van der Waals surface area (Å²) in [6.45, 7) is -0.224. The molecule has 0 radical (unpaired) electrons. The van der Waals surface area contributed by atoms with Gasteiger partial charge in [-0.1, -0.05) is 72.3 Å². The Bertz CT molecular complexity index is 1380. The number of esters is 1. The molecule has 3 aromatic carbocycles. The predicted octanol–water partition coefficient (Wildman–Crippen LogP) is 4.32. The number of methoxy groups -OCH3 is 1. The number of nitrogens with zero attached hydrogens (tertiary/aromatic N) is 1. The second-order valence-corrected chi connectivity index (χ2v) is 10.6. The minimum atomic E-state index is -1.74. The molecule has 0 saturated carbocycles. The number of aliphatic hydroxyl groups is 1. The summed E-state index contributed by atoms with van der Waals surface area (Å²) in [6, 6.07) is 22.1. The third-order valence-electron chi connectivity index (χ3n) is 7.73. The van der Waals surface area contributed by atoms with Crippen molar-refractivity contribution in [1.29, 1.82) is 0 Å². The molecule has 2 amide bonds. The van der Waals surface area contributed by atoms with E-state index < -0.39 is 36.2 Å². The summed E-state index contributed by atoms with van der Waals surface area (Å²) < 4.78 is 10.7. The first-order valence-electron chi connectivity index (χ1n) is 13.2. The minimum absolute atomic E-state index is 0.0415. The molecule has 1 aliphatic carbocycles. The number of benzene rings is 3. The fourth-order valence-corrected chi connectivity index (χ4v) is 5.98. The van der Waals surface area contributed by atoms with Gasteiger partial charge in [0.2, 0.25) is 5.91 Å². The molecule has 5 rings (SSSR count). The third kappa shape index (κ3) is 5.29. The normalized spacial score (nSPS) is 17.5. The van der Waals surface area contributed by atoms with E-state index in [0.29, 0.717) is 30.0 Å². The van der Waals surface area contributed by atoms with Gasteiger partial charge in [0, 0.05) is 23.9 Å². The van der Waals surface area contributed by atoms with Gasteiger partial charge in [0.25, 0.3) is 0 Å². The molecular formula is C31H31ClN2O6. The van der Waals surface area contributed by atoms with Crippen LogP contribution < -0.4 is 5.32 Å². The lowest BCUT2D eigenvalue weighted by Gasteiger charge is -2.33. The van der Waals surface area contributed by atoms with Crippen molar-refractivity contribution in [3.05, 3.63) is 94.5 Å². The number of hydrogen-bond acceptors (Lipinski definition) is 6. The lowest BCUT2D eigenvalue weighted by molar-refractivity contribution is -0.153. The molecule has 2 aliphatic rings. The van der Waals surface area contributed by atoms with Gasteiger partial charge in [-0.05, 0) is 52.8 Å². The summed E-state index contributed by atoms with van der Waals surface area (Å²) in [5.41, 5.74) is 3.33. The van der Waals surface area contributed by atoms with Gasteiger partial charge in [-0.3, -0.25) is 9.69 Å². The summed E-state index contributed by atoms with van der Waals surface area (Å²) >= 11 is 6.10. The molecular weight excluding hydrogens is 532 g/mol. The summed E-state index contributed by atoms with van der Waals surface area (Å²) in [5.74, 6) is -1.47. The fourth-order valence-electron chi connectivity index (χ4n) is 5.77. The summed E-state index contributed by atoms with van der Waals surface area (Å²) in [5, 5.41) is 13.4. The molecule has 1 saturated heterocycles. The van der Waals surface area contributed by atoms with Gasteiger partial charge in [0.05, 0.1) is 13.7 Å². The Morgan fingerprint density at radius 1 is 1.02 bits per heavy atom. The number of nitrogens with one attached hydrogen (secondary N) is 1. The molecule has 1 aliphatic heterocycles. The van der Waals surface area contributed by atoms with Gasteiger partial charge in [-0.25, -0.2) is 9.59 Å². The number of rotatable bonds is 8. The van der Waals surface area contributed by atoms with Gasteiger partial charge in [0.1, 0.15) is 12.6 Å². The molecule has 0 spiro atoms. The average Bonchev–Trinajstić information content (AvgIpc) is 3.59. The average molecular weight is 563 g/mol. The molecule has 0 aromatic heterocycles. The van der Waals surface area contributed by atoms with Crippen LogP contribution in [0.1, 0.15) is 35.4 Å². The minimum Gasteiger partial charge on any atom is -0.467 e. The summed E-state index contributed by atoms with van der Waals surface area (Å²) in [7, 11) is 1.19. The molecule has 1 unspecified atom stereocenters. The maximum Gasteiger partial charge on any atom is 0.410 e. The highest BCUT2D eigenvalue weighted by Crippen LogP contribution is 2.44. The first-order valence-corrected chi connectivity index (χ1v) is 13.6. The second kappa shape index (κ2) is 11.7. The Labute approximate surface area is 237 Å². The van der Waals surface area contributed by atoms with Crippen molar-refractivity contribution >= 4 is 29.6 Å². The number of carbonyl (C=O) groups excluding carboxylic acids is 3. The van der Waals surface area contributed by atoms with Crippen LogP contribution in [0.2, 0.25) is 5.02 Å². The second-order valence-electron chi connectivity index (χ2n) is 10.2. The van der Waals surface area contributed by atoms with Crippen LogP contribution in [0, 0.1) is 0 Å². The van der Waals surface area contributed by atoms with Gasteiger partial charge in [-0.15, -0.1) is 0 Å². The van der Waals surface area contributed by atoms with Crippen LogP contribution in [0.25, 0.3) is 11.1 Å². The third-order valence-corrected chi connectivity index (χ3v) is 7.96. The van der Waals surface area contributed by atoms with E-state index in [2.05, 4.69) is 17.4 Å². The Morgan fingerprint density at radius 2 is 1.70 bits per heavy atom. The van der Waals surface area contributed by atoms with Crippen molar-refractivity contribution in [2.75, 3.05) is 26.9 Å². The van der Waals surface area contributed by atoms with E-state index >= 15 is 0 Å². The number of ether oxygens (including phenoxy) is 2. The van der Waals surface area contributed by atoms with Crippen LogP contribution in [-0.4, -0.2) is 66.4 Å². The monoisotopic (exact) mass is 562 g/mol. The largest absolute Gasteiger partial charge is 0.467 e. The lowest BCUT2D eigenvalue weighted by Crippen LogP contribution is -2.62. The molecule has 1 fully saturated rings. The van der Waals surface area contributed by atoms with E-state index in [0.717, 1.165) is 22.3 Å². The highest BCUT2D eigenvalue weighted by molar-refractivity contribution is 6.30. The number of amides is 2. The SMILES string of the molecule is COC(=O)C(CO)(Cc1cccc(Cl)c1)NC(=O)[C@H]1CCCN1C(=O)OCC1c2ccccc2-c2ccccc21. The van der Waals surface area contributed by atoms with E-state index in [9.17, 15) is 19.5 Å². The number of halogens is 1. The molecule has 208 valence electrons. The Hall–Kier alpha value is -3.88. The maximum atomic E-state index is 13.5. The van der Waals surface area contributed by atoms with Gasteiger partial charge >= 0.3 is 12.1 Å². The van der Waals surface area contributed by atoms with Crippen molar-refractivity contribution in [2.45, 2.75) is 36.8 Å². The molecule has 2 atom stereocenters. The van der Waals surface area contributed by atoms with Crippen LogP contribution in [0.5, 0.6) is 0 Å². The van der Waals surface area contributed by atoms with Crippen LogP contribution in [0.3, 0.4) is 0 Å². The zero-order valence-corrected chi connectivity index (χ0v) is 22.9. The van der Waals surface area contributed by atoms with Gasteiger partial charge in [0.15, 0.2) is 5.54 Å². The van der Waals surface area contributed by atoms with E-state index in [4.69, 9.17) is 21.1 Å². The Kier molecular flexibility index (Phi) is 8.09. The van der Waals surface area contributed by atoms with E-state index in [1.54, 1.807) is 24.3 Å². The Balaban J connectivity index is 1.30. The topological polar surface area (TPSA) is 105 Å². The van der Waals surface area contributed by atoms with Gasteiger partial charge < -0.3 is 19.9 Å². The smallest absolute Gasteiger partial charge is 0.410 e. The van der Waals surface area contributed by atoms with Crippen LogP contribution >= 0.6 is 11.6 Å². The molecule has 40 heavy (non-hydrogen) atoms. The van der Waals surface area contributed by atoms with Crippen molar-refractivity contribution < 1.29 is 29.0 Å². The van der Waals surface area contributed by atoms with Crippen molar-refractivity contribution in [2.24, 2.45) is 0 Å². The van der Waals surface area contributed by atoms with E-state index in [-0.39, 0.29) is 18.9 Å². The van der Waals surface area contributed by atoms with Crippen LogP contribution in [0.15, 0.2) is 72.8 Å². The molecule has 3 aromatic rings. The van der Waals surface area contributed by atoms with Crippen LogP contribution in [-0.2, 0) is 25.5 Å². The first kappa shape index (κ1) is 27.7. The molecule has 8 nitrogen and oxygen atoms in total. The van der Waals surface area contributed by atoms with E-state index in [1.807, 2.05) is 36.4 Å². The van der Waals surface area contributed by atoms with E-state index in [1.165, 1.54) is 12.0 Å². The maximum absolute atomic E-state index is 13.5. The Morgan fingerprint density at radius 3 is 2.33 bits per heavy atom. The predicted molar refractivity (Wildman–Crippen MR) is 150 cm³/mol. The number of fused-ring (bicyclic) bond motifs is 3. The lowest BCUT2D eigenvalue weighted by atomic mass is 9.90. The first-order chi connectivity index (χ1) is 19.4. The van der Waals surface area contributed by atoms with Crippen molar-refractivity contribution in [1.82, 2.24) is 10.2 Å². The molecule has 0 bridgehead atoms. The summed E-state index contributed by atoms with van der Waals surface area (Å²) in [6.07, 6.45) is 0.360. The van der Waals surface area contributed by atoms with Crippen molar-refractivity contribution in [3.8, 4) is 11.1 Å². The molecule has 9 heteroatoms. The molecule has 2 N–H and O–H groups in total. The van der Waals surface area contributed by atoms with Crippen molar-refractivity contribution in [3.63, 3.8) is 0 Å². The highest BCUT2D eigenvalue weighted by Gasteiger charge is 2.45. The highest BCUT2D eigenvalue weighted by atomic mass is 35.5. The summed E-state index contributed by atoms with van der Waals surface area (Å²) in [4.78, 5) is 41.0. The standard InChI is InChI=1S/C31H31ClN2O6/c1-39-29(37)31(19-35,17-20-8-6-9-21(32)16-20)33-28(36)27-14-7-15-34(27)30(38)40-18-26-24-12-4-2-10-22(24)23-11-3-5-13-25(23)26/h2-6,8-13,16,26-27,35H,7,14-15,17-19H2,1H3,(H,33,36)/t27-,31?/m1/s1. The quantitative estimate of drug-likeness (QED) is 0.396.